The third-order valence-electron chi connectivity index (χ3n) is 2.35. The Hall–Kier alpha value is -2.55. The summed E-state index contributed by atoms with van der Waals surface area (Å²) in [5, 5.41) is 12.4. The molecule has 0 unspecified atom stereocenters. The Morgan fingerprint density at radius 2 is 2.11 bits per heavy atom. The Balaban J connectivity index is 2.40. The lowest BCUT2D eigenvalue weighted by molar-refractivity contribution is -0.137. The fraction of sp³-hybridized carbons (Fsp3) is 0.0769. The van der Waals surface area contributed by atoms with Crippen molar-refractivity contribution in [3.8, 4) is 6.07 Å². The van der Waals surface area contributed by atoms with Gasteiger partial charge in [-0.1, -0.05) is 17.3 Å². The normalized spacial score (nSPS) is 12.2. The van der Waals surface area contributed by atoms with E-state index in [1.54, 1.807) is 0 Å². The second-order valence-corrected chi connectivity index (χ2v) is 3.67. The van der Waals surface area contributed by atoms with Crippen LogP contribution in [-0.4, -0.2) is 5.16 Å². The van der Waals surface area contributed by atoms with E-state index in [9.17, 15) is 13.2 Å². The second-order valence-electron chi connectivity index (χ2n) is 3.67. The molecule has 0 aliphatic carbocycles. The van der Waals surface area contributed by atoms with Gasteiger partial charge in [0.15, 0.2) is 5.76 Å². The van der Waals surface area contributed by atoms with Gasteiger partial charge in [0, 0.05) is 6.07 Å². The van der Waals surface area contributed by atoms with Crippen LogP contribution in [0.5, 0.6) is 0 Å². The summed E-state index contributed by atoms with van der Waals surface area (Å²) in [7, 11) is 0. The first-order valence-corrected chi connectivity index (χ1v) is 5.21. The zero-order valence-electron chi connectivity index (χ0n) is 9.48. The van der Waals surface area contributed by atoms with E-state index in [1.165, 1.54) is 30.5 Å². The van der Waals surface area contributed by atoms with Gasteiger partial charge in [0.2, 0.25) is 0 Å². The Bertz CT molecular complexity index is 637. The fourth-order valence-corrected chi connectivity index (χ4v) is 1.48. The molecule has 1 aromatic carbocycles. The Kier molecular flexibility index (Phi) is 3.38. The van der Waals surface area contributed by atoms with Crippen molar-refractivity contribution in [1.29, 1.82) is 5.26 Å². The van der Waals surface area contributed by atoms with Crippen molar-refractivity contribution in [3.05, 3.63) is 53.4 Å². The molecule has 96 valence electrons. The molecule has 0 fully saturated rings. The van der Waals surface area contributed by atoms with Crippen molar-refractivity contribution < 1.29 is 17.7 Å². The molecule has 0 aliphatic rings. The van der Waals surface area contributed by atoms with Crippen molar-refractivity contribution in [3.63, 3.8) is 0 Å². The molecular weight excluding hydrogens is 257 g/mol. The first-order chi connectivity index (χ1) is 9.00. The number of rotatable bonds is 2. The van der Waals surface area contributed by atoms with E-state index < -0.39 is 11.7 Å². The molecule has 3 nitrogen and oxygen atoms in total. The number of alkyl halides is 3. The van der Waals surface area contributed by atoms with E-state index in [2.05, 4.69) is 5.16 Å². The highest BCUT2D eigenvalue weighted by molar-refractivity contribution is 5.87. The first kappa shape index (κ1) is 12.9. The van der Waals surface area contributed by atoms with Crippen molar-refractivity contribution in [2.24, 2.45) is 0 Å². The summed E-state index contributed by atoms with van der Waals surface area (Å²) < 4.78 is 42.4. The molecule has 1 aromatic heterocycles. The van der Waals surface area contributed by atoms with Gasteiger partial charge < -0.3 is 4.52 Å². The molecule has 0 saturated carbocycles. The molecule has 0 bridgehead atoms. The Morgan fingerprint density at radius 1 is 1.32 bits per heavy atom. The predicted molar refractivity (Wildman–Crippen MR) is 61.4 cm³/mol. The van der Waals surface area contributed by atoms with Crippen molar-refractivity contribution >= 4 is 11.6 Å². The van der Waals surface area contributed by atoms with E-state index >= 15 is 0 Å². The highest BCUT2D eigenvalue weighted by Crippen LogP contribution is 2.30. The van der Waals surface area contributed by atoms with Crippen molar-refractivity contribution in [1.82, 2.24) is 5.16 Å². The molecule has 0 amide bonds. The number of halogens is 3. The molecule has 0 aliphatic heterocycles. The van der Waals surface area contributed by atoms with Gasteiger partial charge >= 0.3 is 6.18 Å². The van der Waals surface area contributed by atoms with Crippen LogP contribution < -0.4 is 0 Å². The molecular formula is C13H7F3N2O. The Morgan fingerprint density at radius 3 is 2.68 bits per heavy atom. The lowest BCUT2D eigenvalue weighted by atomic mass is 10.1. The third-order valence-corrected chi connectivity index (χ3v) is 2.35. The van der Waals surface area contributed by atoms with Gasteiger partial charge in [-0.25, -0.2) is 0 Å². The van der Waals surface area contributed by atoms with E-state index in [-0.39, 0.29) is 16.9 Å². The van der Waals surface area contributed by atoms with Crippen LogP contribution in [0.1, 0.15) is 16.9 Å². The number of nitriles is 1. The molecule has 2 rings (SSSR count). The van der Waals surface area contributed by atoms with Gasteiger partial charge in [-0.3, -0.25) is 0 Å². The quantitative estimate of drug-likeness (QED) is 0.776. The van der Waals surface area contributed by atoms with Crippen LogP contribution in [0.25, 0.3) is 11.6 Å². The van der Waals surface area contributed by atoms with Gasteiger partial charge in [0.05, 0.1) is 17.3 Å². The van der Waals surface area contributed by atoms with Crippen LogP contribution in [0.3, 0.4) is 0 Å². The number of allylic oxidation sites excluding steroid dienone is 1. The average Bonchev–Trinajstić information content (AvgIpc) is 2.89. The number of hydrogen-bond acceptors (Lipinski definition) is 3. The molecule has 0 radical (unpaired) electrons. The summed E-state index contributed by atoms with van der Waals surface area (Å²) in [6.45, 7) is 0. The van der Waals surface area contributed by atoms with Gasteiger partial charge in [0.25, 0.3) is 0 Å². The predicted octanol–water partition coefficient (Wildman–Crippen LogP) is 3.76. The van der Waals surface area contributed by atoms with Crippen LogP contribution in [0.4, 0.5) is 13.2 Å². The first-order valence-electron chi connectivity index (χ1n) is 5.21. The molecule has 19 heavy (non-hydrogen) atoms. The van der Waals surface area contributed by atoms with Crippen molar-refractivity contribution in [2.75, 3.05) is 0 Å². The lowest BCUT2D eigenvalue weighted by Gasteiger charge is -2.06. The molecule has 0 saturated heterocycles. The average molecular weight is 264 g/mol. The zero-order chi connectivity index (χ0) is 13.9. The van der Waals surface area contributed by atoms with Crippen LogP contribution in [0, 0.1) is 11.3 Å². The molecule has 6 heteroatoms. The summed E-state index contributed by atoms with van der Waals surface area (Å²) in [4.78, 5) is 0. The number of benzene rings is 1. The maximum Gasteiger partial charge on any atom is 0.416 e. The van der Waals surface area contributed by atoms with Crippen LogP contribution in [-0.2, 0) is 6.18 Å². The zero-order valence-corrected chi connectivity index (χ0v) is 9.48. The monoisotopic (exact) mass is 264 g/mol. The van der Waals surface area contributed by atoms with E-state index in [4.69, 9.17) is 9.78 Å². The summed E-state index contributed by atoms with van der Waals surface area (Å²) >= 11 is 0. The van der Waals surface area contributed by atoms with Crippen LogP contribution >= 0.6 is 0 Å². The van der Waals surface area contributed by atoms with E-state index in [0.717, 1.165) is 12.1 Å². The smallest absolute Gasteiger partial charge is 0.356 e. The lowest BCUT2D eigenvalue weighted by Crippen LogP contribution is -2.04. The minimum atomic E-state index is -4.41. The standard InChI is InChI=1S/C13H7F3N2O/c14-13(15,16)11-3-1-2-9(7-11)6-10(8-17)12-4-5-18-19-12/h1-7H/b10-6+. The highest BCUT2D eigenvalue weighted by Gasteiger charge is 2.30. The van der Waals surface area contributed by atoms with Gasteiger partial charge in [-0.2, -0.15) is 18.4 Å². The SMILES string of the molecule is N#C/C(=C\c1cccc(C(F)(F)F)c1)c1ccno1. The maximum atomic E-state index is 12.5. The number of hydrogen-bond donors (Lipinski definition) is 0. The third kappa shape index (κ3) is 3.01. The van der Waals surface area contributed by atoms with Crippen molar-refractivity contribution in [2.45, 2.75) is 6.18 Å². The molecule has 0 N–H and O–H groups in total. The molecule has 0 atom stereocenters. The van der Waals surface area contributed by atoms with Gasteiger partial charge in [-0.05, 0) is 23.8 Å². The largest absolute Gasteiger partial charge is 0.416 e. The molecule has 2 aromatic rings. The maximum absolute atomic E-state index is 12.5. The fourth-order valence-electron chi connectivity index (χ4n) is 1.48. The van der Waals surface area contributed by atoms with Gasteiger partial charge in [0.1, 0.15) is 6.07 Å². The molecule has 0 spiro atoms. The summed E-state index contributed by atoms with van der Waals surface area (Å²) in [6, 6.07) is 8.01. The van der Waals surface area contributed by atoms with Gasteiger partial charge in [-0.15, -0.1) is 0 Å². The summed E-state index contributed by atoms with van der Waals surface area (Å²) in [5.41, 5.74) is -0.393. The highest BCUT2D eigenvalue weighted by atomic mass is 19.4. The molecule has 1 heterocycles. The second kappa shape index (κ2) is 4.98. The summed E-state index contributed by atoms with van der Waals surface area (Å²) in [6.07, 6.45) is -1.74. The van der Waals surface area contributed by atoms with Crippen LogP contribution in [0.2, 0.25) is 0 Å². The topological polar surface area (TPSA) is 49.8 Å². The van der Waals surface area contributed by atoms with E-state index in [1.807, 2.05) is 6.07 Å². The minimum absolute atomic E-state index is 0.108. The number of aromatic nitrogens is 1. The summed E-state index contributed by atoms with van der Waals surface area (Å²) in [5.74, 6) is 0.208. The minimum Gasteiger partial charge on any atom is -0.356 e. The number of nitrogens with zero attached hydrogens (tertiary/aromatic N) is 2. The van der Waals surface area contributed by atoms with E-state index in [0.29, 0.717) is 0 Å². The van der Waals surface area contributed by atoms with Crippen LogP contribution in [0.15, 0.2) is 41.1 Å². The Labute approximate surface area is 106 Å².